The van der Waals surface area contributed by atoms with E-state index in [1.807, 2.05) is 20.8 Å². The molecule has 0 aliphatic carbocycles. The molecule has 5 N–H and O–H groups in total. The van der Waals surface area contributed by atoms with Gasteiger partial charge in [0.05, 0.1) is 29.3 Å². The Kier molecular flexibility index (Phi) is 8.43. The van der Waals surface area contributed by atoms with Crippen molar-refractivity contribution in [2.24, 2.45) is 11.5 Å². The average Bonchev–Trinajstić information content (AvgIpc) is 3.06. The Balaban J connectivity index is 0.000000277. The summed E-state index contributed by atoms with van der Waals surface area (Å²) in [5.74, 6) is 0.473. The van der Waals surface area contributed by atoms with E-state index in [0.717, 1.165) is 17.5 Å². The molecule has 176 valence electrons. The lowest BCUT2D eigenvalue weighted by Crippen LogP contribution is -2.17. The summed E-state index contributed by atoms with van der Waals surface area (Å²) in [6.45, 7) is 5.99. The maximum Gasteiger partial charge on any atom is 0.417 e. The number of carbonyl (C=O) groups is 1. The van der Waals surface area contributed by atoms with Gasteiger partial charge in [-0.1, -0.05) is 18.2 Å². The van der Waals surface area contributed by atoms with Crippen molar-refractivity contribution in [3.8, 4) is 11.3 Å². The van der Waals surface area contributed by atoms with Gasteiger partial charge in [-0.05, 0) is 45.0 Å². The summed E-state index contributed by atoms with van der Waals surface area (Å²) < 4.78 is 45.7. The maximum absolute atomic E-state index is 13.1. The number of rotatable bonds is 6. The van der Waals surface area contributed by atoms with Gasteiger partial charge < -0.3 is 21.5 Å². The minimum atomic E-state index is -4.41. The number of halogens is 3. The third-order valence-corrected chi connectivity index (χ3v) is 4.41. The lowest BCUT2D eigenvalue weighted by Gasteiger charge is -2.12. The number of aromatic nitrogens is 3. The molecule has 0 atom stereocenters. The Morgan fingerprint density at radius 3 is 2.48 bits per heavy atom. The molecule has 3 aromatic rings. The van der Waals surface area contributed by atoms with Crippen molar-refractivity contribution in [2.75, 3.05) is 6.61 Å². The van der Waals surface area contributed by atoms with Crippen LogP contribution in [-0.4, -0.2) is 27.6 Å². The Morgan fingerprint density at radius 1 is 1.15 bits per heavy atom. The van der Waals surface area contributed by atoms with E-state index in [2.05, 4.69) is 15.4 Å². The number of benzene rings is 1. The molecule has 0 aliphatic rings. The SMILES string of the molecule is CCO/C(N)=C/C=C(\N)NC=O.Cc1nc2ccc(-c3ccccc3C(F)(F)F)nn2c1C. The molecular weight excluding hydrogens is 437 g/mol. The molecule has 0 aliphatic heterocycles. The molecule has 0 saturated heterocycles. The summed E-state index contributed by atoms with van der Waals surface area (Å²) in [6.07, 6.45) is -1.02. The van der Waals surface area contributed by atoms with Gasteiger partial charge in [0.25, 0.3) is 0 Å². The zero-order valence-corrected chi connectivity index (χ0v) is 18.3. The van der Waals surface area contributed by atoms with Gasteiger partial charge in [0, 0.05) is 11.6 Å². The number of hydrogen-bond acceptors (Lipinski definition) is 6. The molecule has 0 bridgehead atoms. The minimum Gasteiger partial charge on any atom is -0.480 e. The van der Waals surface area contributed by atoms with E-state index in [4.69, 9.17) is 16.2 Å². The fourth-order valence-corrected chi connectivity index (χ4v) is 2.75. The third kappa shape index (κ3) is 6.73. The standard InChI is InChI=1S/C15H12F3N3.C7H13N3O2/c1-9-10(2)21-14(19-9)8-7-13(20-21)11-5-3-4-6-12(11)15(16,17)18;1-2-12-7(9)4-3-6(8)10-5-11/h3-8H,1-2H3;3-5H,2,8-9H2,1H3,(H,10,11)/b;6-3+,7-4+. The Bertz CT molecular complexity index is 1170. The van der Waals surface area contributed by atoms with Crippen LogP contribution in [0.5, 0.6) is 0 Å². The molecule has 3 rings (SSSR count). The number of ether oxygens (including phenoxy) is 1. The second-order valence-corrected chi connectivity index (χ2v) is 6.70. The van der Waals surface area contributed by atoms with E-state index < -0.39 is 11.7 Å². The molecule has 0 spiro atoms. The zero-order chi connectivity index (χ0) is 24.6. The number of allylic oxidation sites excluding steroid dienone is 2. The first-order valence-electron chi connectivity index (χ1n) is 9.84. The molecule has 0 fully saturated rings. The molecule has 0 radical (unpaired) electrons. The number of amides is 1. The summed E-state index contributed by atoms with van der Waals surface area (Å²) >= 11 is 0. The summed E-state index contributed by atoms with van der Waals surface area (Å²) in [5, 5.41) is 6.54. The van der Waals surface area contributed by atoms with Crippen molar-refractivity contribution in [3.05, 3.63) is 77.2 Å². The smallest absolute Gasteiger partial charge is 0.417 e. The predicted molar refractivity (Wildman–Crippen MR) is 118 cm³/mol. The molecule has 8 nitrogen and oxygen atoms in total. The van der Waals surface area contributed by atoms with Crippen LogP contribution in [0.4, 0.5) is 13.2 Å². The van der Waals surface area contributed by atoms with Crippen LogP contribution in [0.3, 0.4) is 0 Å². The highest BCUT2D eigenvalue weighted by Gasteiger charge is 2.33. The lowest BCUT2D eigenvalue weighted by atomic mass is 10.0. The Labute approximate surface area is 188 Å². The number of nitrogens with zero attached hydrogens (tertiary/aromatic N) is 3. The van der Waals surface area contributed by atoms with Crippen LogP contribution in [0.2, 0.25) is 0 Å². The first-order chi connectivity index (χ1) is 15.6. The molecule has 0 unspecified atom stereocenters. The van der Waals surface area contributed by atoms with Crippen LogP contribution < -0.4 is 16.8 Å². The quantitative estimate of drug-likeness (QED) is 0.293. The third-order valence-electron chi connectivity index (χ3n) is 4.41. The zero-order valence-electron chi connectivity index (χ0n) is 18.3. The first-order valence-corrected chi connectivity index (χ1v) is 9.84. The van der Waals surface area contributed by atoms with Crippen molar-refractivity contribution >= 4 is 12.1 Å². The number of aryl methyl sites for hydroxylation is 2. The molecule has 1 aromatic carbocycles. The van der Waals surface area contributed by atoms with E-state index in [0.29, 0.717) is 18.7 Å². The first kappa shape index (κ1) is 25.2. The lowest BCUT2D eigenvalue weighted by molar-refractivity contribution is -0.137. The van der Waals surface area contributed by atoms with Crippen LogP contribution in [-0.2, 0) is 15.7 Å². The second kappa shape index (κ2) is 11.0. The summed E-state index contributed by atoms with van der Waals surface area (Å²) in [6, 6.07) is 8.67. The molecule has 33 heavy (non-hydrogen) atoms. The van der Waals surface area contributed by atoms with E-state index in [1.165, 1.54) is 24.3 Å². The van der Waals surface area contributed by atoms with E-state index in [9.17, 15) is 18.0 Å². The second-order valence-electron chi connectivity index (χ2n) is 6.70. The fraction of sp³-hybridized carbons (Fsp3) is 0.227. The van der Waals surface area contributed by atoms with Gasteiger partial charge in [0.2, 0.25) is 6.41 Å². The molecule has 1 amide bonds. The van der Waals surface area contributed by atoms with E-state index in [-0.39, 0.29) is 23.0 Å². The van der Waals surface area contributed by atoms with Crippen LogP contribution >= 0.6 is 0 Å². The Morgan fingerprint density at radius 2 is 1.85 bits per heavy atom. The van der Waals surface area contributed by atoms with Crippen LogP contribution in [0.25, 0.3) is 16.9 Å². The fourth-order valence-electron chi connectivity index (χ4n) is 2.75. The van der Waals surface area contributed by atoms with Crippen molar-refractivity contribution < 1.29 is 22.7 Å². The molecule has 2 heterocycles. The van der Waals surface area contributed by atoms with Gasteiger partial charge in [-0.3, -0.25) is 4.79 Å². The molecule has 0 saturated carbocycles. The van der Waals surface area contributed by atoms with Gasteiger partial charge in [-0.25, -0.2) is 9.50 Å². The van der Waals surface area contributed by atoms with Gasteiger partial charge in [0.15, 0.2) is 11.5 Å². The Hall–Kier alpha value is -4.02. The monoisotopic (exact) mass is 462 g/mol. The number of hydrogen-bond donors (Lipinski definition) is 3. The average molecular weight is 462 g/mol. The molecular formula is C22H25F3N6O2. The normalized spacial score (nSPS) is 12.2. The molecule has 2 aromatic heterocycles. The number of nitrogens with one attached hydrogen (secondary N) is 1. The highest BCUT2D eigenvalue weighted by atomic mass is 19.4. The van der Waals surface area contributed by atoms with Crippen LogP contribution in [0.1, 0.15) is 23.9 Å². The number of nitrogens with two attached hydrogens (primary N) is 2. The van der Waals surface area contributed by atoms with Crippen molar-refractivity contribution in [2.45, 2.75) is 26.9 Å². The van der Waals surface area contributed by atoms with Gasteiger partial charge in [-0.2, -0.15) is 18.3 Å². The maximum atomic E-state index is 13.1. The van der Waals surface area contributed by atoms with E-state index in [1.54, 1.807) is 22.7 Å². The van der Waals surface area contributed by atoms with Gasteiger partial charge >= 0.3 is 6.18 Å². The highest BCUT2D eigenvalue weighted by molar-refractivity contribution is 5.65. The van der Waals surface area contributed by atoms with Crippen LogP contribution in [0, 0.1) is 13.8 Å². The summed E-state index contributed by atoms with van der Waals surface area (Å²) in [5.41, 5.74) is 12.5. The van der Waals surface area contributed by atoms with Crippen molar-refractivity contribution in [1.82, 2.24) is 19.9 Å². The predicted octanol–water partition coefficient (Wildman–Crippen LogP) is 3.40. The number of carbonyl (C=O) groups excluding carboxylic acids is 1. The summed E-state index contributed by atoms with van der Waals surface area (Å²) in [7, 11) is 0. The van der Waals surface area contributed by atoms with Gasteiger partial charge in [0.1, 0.15) is 5.82 Å². The number of imidazole rings is 1. The highest BCUT2D eigenvalue weighted by Crippen LogP contribution is 2.36. The summed E-state index contributed by atoms with van der Waals surface area (Å²) in [4.78, 5) is 14.2. The topological polar surface area (TPSA) is 121 Å². The largest absolute Gasteiger partial charge is 0.480 e. The number of alkyl halides is 3. The van der Waals surface area contributed by atoms with Crippen molar-refractivity contribution in [3.63, 3.8) is 0 Å². The minimum absolute atomic E-state index is 0.0673. The number of fused-ring (bicyclic) bond motifs is 1. The van der Waals surface area contributed by atoms with Gasteiger partial charge in [-0.15, -0.1) is 0 Å². The van der Waals surface area contributed by atoms with Crippen LogP contribution in [0.15, 0.2) is 60.3 Å². The van der Waals surface area contributed by atoms with E-state index >= 15 is 0 Å². The van der Waals surface area contributed by atoms with Crippen molar-refractivity contribution in [1.29, 1.82) is 0 Å². The molecule has 11 heteroatoms.